The van der Waals surface area contributed by atoms with Gasteiger partial charge in [0, 0.05) is 28.5 Å². The number of carbonyl (C=O) groups is 1. The van der Waals surface area contributed by atoms with Gasteiger partial charge in [0.15, 0.2) is 0 Å². The first kappa shape index (κ1) is 20.7. The number of fused-ring (bicyclic) bond motifs is 2. The van der Waals surface area contributed by atoms with Gasteiger partial charge in [-0.25, -0.2) is 4.98 Å². The molecule has 6 nitrogen and oxygen atoms in total. The molecule has 0 aliphatic heterocycles. The van der Waals surface area contributed by atoms with Gasteiger partial charge in [0.2, 0.25) is 5.91 Å². The van der Waals surface area contributed by atoms with E-state index in [0.29, 0.717) is 23.5 Å². The quantitative estimate of drug-likeness (QED) is 0.404. The molecule has 8 heteroatoms. The van der Waals surface area contributed by atoms with Crippen LogP contribution in [-0.4, -0.2) is 32.7 Å². The number of thiophene rings is 1. The second-order valence-electron chi connectivity index (χ2n) is 7.33. The zero-order chi connectivity index (χ0) is 21.3. The highest BCUT2D eigenvalue weighted by Crippen LogP contribution is 2.26. The second-order valence-corrected chi connectivity index (χ2v) is 9.86. The van der Waals surface area contributed by atoms with E-state index in [9.17, 15) is 9.59 Å². The molecule has 0 bridgehead atoms. The molecule has 0 saturated heterocycles. The molecule has 0 spiro atoms. The van der Waals surface area contributed by atoms with Gasteiger partial charge in [-0.3, -0.25) is 9.59 Å². The van der Waals surface area contributed by atoms with Gasteiger partial charge in [-0.2, -0.15) is 0 Å². The average Bonchev–Trinajstić information content (AvgIpc) is 3.27. The Bertz CT molecular complexity index is 1270. The Morgan fingerprint density at radius 1 is 1.30 bits per heavy atom. The summed E-state index contributed by atoms with van der Waals surface area (Å²) in [4.78, 5) is 37.4. The highest BCUT2D eigenvalue weighted by atomic mass is 32.2. The molecule has 30 heavy (non-hydrogen) atoms. The lowest BCUT2D eigenvalue weighted by molar-refractivity contribution is -0.120. The second kappa shape index (κ2) is 8.65. The monoisotopic (exact) mass is 440 g/mol. The van der Waals surface area contributed by atoms with Gasteiger partial charge in [0.25, 0.3) is 5.56 Å². The van der Waals surface area contributed by atoms with Crippen molar-refractivity contribution in [2.24, 2.45) is 0 Å². The molecule has 4 aromatic rings. The molecule has 0 saturated carbocycles. The van der Waals surface area contributed by atoms with E-state index in [1.54, 1.807) is 0 Å². The van der Waals surface area contributed by atoms with Crippen LogP contribution in [0, 0.1) is 13.8 Å². The Hall–Kier alpha value is -2.58. The van der Waals surface area contributed by atoms with Crippen molar-refractivity contribution in [1.82, 2.24) is 20.3 Å². The van der Waals surface area contributed by atoms with Crippen LogP contribution in [0.5, 0.6) is 0 Å². The zero-order valence-corrected chi connectivity index (χ0v) is 18.8. The Kier molecular flexibility index (Phi) is 5.97. The van der Waals surface area contributed by atoms with Gasteiger partial charge >= 0.3 is 0 Å². The Balaban J connectivity index is 1.31. The maximum Gasteiger partial charge on any atom is 0.259 e. The van der Waals surface area contributed by atoms with Gasteiger partial charge in [0.05, 0.1) is 16.4 Å². The van der Waals surface area contributed by atoms with Crippen molar-refractivity contribution < 1.29 is 4.79 Å². The van der Waals surface area contributed by atoms with Crippen molar-refractivity contribution in [3.05, 3.63) is 62.6 Å². The number of carbonyl (C=O) groups excluding carboxylic acids is 1. The number of aryl methyl sites for hydroxylation is 2. The summed E-state index contributed by atoms with van der Waals surface area (Å²) in [6, 6.07) is 8.16. The van der Waals surface area contributed by atoms with E-state index in [-0.39, 0.29) is 16.7 Å². The third kappa shape index (κ3) is 4.15. The fraction of sp³-hybridized carbons (Fsp3) is 0.318. The minimum Gasteiger partial charge on any atom is -0.361 e. The van der Waals surface area contributed by atoms with E-state index in [1.165, 1.54) is 34.0 Å². The van der Waals surface area contributed by atoms with Gasteiger partial charge in [0.1, 0.15) is 10.7 Å². The summed E-state index contributed by atoms with van der Waals surface area (Å²) in [5, 5.41) is 4.64. The fourth-order valence-corrected chi connectivity index (χ4v) is 5.28. The molecule has 0 aliphatic rings. The lowest BCUT2D eigenvalue weighted by atomic mass is 10.1. The topological polar surface area (TPSA) is 90.6 Å². The zero-order valence-electron chi connectivity index (χ0n) is 17.2. The number of H-pyrrole nitrogens is 2. The maximum atomic E-state index is 12.5. The van der Waals surface area contributed by atoms with Crippen LogP contribution in [-0.2, 0) is 17.0 Å². The van der Waals surface area contributed by atoms with Gasteiger partial charge in [-0.05, 0) is 44.4 Å². The SMILES string of the molecule is Cc1sc2nc(CSC(C)C(=O)NCCc3c[nH]c4ccccc34)[nH]c(=O)c2c1C. The first-order chi connectivity index (χ1) is 14.4. The summed E-state index contributed by atoms with van der Waals surface area (Å²) >= 11 is 3.01. The standard InChI is InChI=1S/C22H24N4O2S2/c1-12-13(2)30-22-19(12)21(28)25-18(26-22)11-29-14(3)20(27)23-9-8-15-10-24-17-7-5-4-6-16(15)17/h4-7,10,14,24H,8-9,11H2,1-3H3,(H,23,27)(H,25,26,28). The number of aromatic amines is 2. The summed E-state index contributed by atoms with van der Waals surface area (Å²) in [6.45, 7) is 6.41. The van der Waals surface area contributed by atoms with Gasteiger partial charge < -0.3 is 15.3 Å². The highest BCUT2D eigenvalue weighted by Gasteiger charge is 2.16. The number of hydrogen-bond donors (Lipinski definition) is 3. The number of benzene rings is 1. The van der Waals surface area contributed by atoms with Crippen LogP contribution < -0.4 is 10.9 Å². The predicted molar refractivity (Wildman–Crippen MR) is 125 cm³/mol. The maximum absolute atomic E-state index is 12.5. The number of thioether (sulfide) groups is 1. The molecule has 1 aromatic carbocycles. The first-order valence-electron chi connectivity index (χ1n) is 9.87. The van der Waals surface area contributed by atoms with Gasteiger partial charge in [-0.1, -0.05) is 18.2 Å². The number of nitrogens with zero attached hydrogens (tertiary/aromatic N) is 1. The minimum absolute atomic E-state index is 0.00826. The molecule has 1 unspecified atom stereocenters. The van der Waals surface area contributed by atoms with Crippen molar-refractivity contribution in [1.29, 1.82) is 0 Å². The lowest BCUT2D eigenvalue weighted by Gasteiger charge is -2.11. The lowest BCUT2D eigenvalue weighted by Crippen LogP contribution is -2.32. The summed E-state index contributed by atoms with van der Waals surface area (Å²) in [6.07, 6.45) is 2.77. The predicted octanol–water partition coefficient (Wildman–Crippen LogP) is 4.06. The van der Waals surface area contributed by atoms with Crippen LogP contribution in [0.1, 0.15) is 28.8 Å². The van der Waals surface area contributed by atoms with Crippen LogP contribution >= 0.6 is 23.1 Å². The molecule has 0 radical (unpaired) electrons. The van der Waals surface area contributed by atoms with Crippen molar-refractivity contribution in [2.75, 3.05) is 6.54 Å². The molecule has 3 N–H and O–H groups in total. The molecule has 156 valence electrons. The minimum atomic E-state index is -0.235. The smallest absolute Gasteiger partial charge is 0.259 e. The third-order valence-corrected chi connectivity index (χ3v) is 7.55. The number of aromatic nitrogens is 3. The molecule has 3 aromatic heterocycles. The van der Waals surface area contributed by atoms with Crippen molar-refractivity contribution in [3.8, 4) is 0 Å². The summed E-state index contributed by atoms with van der Waals surface area (Å²) in [5.74, 6) is 1.08. The Morgan fingerprint density at radius 3 is 2.93 bits per heavy atom. The van der Waals surface area contributed by atoms with Crippen molar-refractivity contribution in [3.63, 3.8) is 0 Å². The van der Waals surface area contributed by atoms with E-state index >= 15 is 0 Å². The molecular formula is C22H24N4O2S2. The molecule has 0 fully saturated rings. The normalized spacial score (nSPS) is 12.5. The highest BCUT2D eigenvalue weighted by molar-refractivity contribution is 7.99. The molecular weight excluding hydrogens is 416 g/mol. The molecule has 1 amide bonds. The molecule has 0 aliphatic carbocycles. The van der Waals surface area contributed by atoms with Crippen molar-refractivity contribution >= 4 is 50.1 Å². The summed E-state index contributed by atoms with van der Waals surface area (Å²) in [7, 11) is 0. The fourth-order valence-electron chi connectivity index (χ4n) is 3.45. The summed E-state index contributed by atoms with van der Waals surface area (Å²) in [5.41, 5.74) is 3.19. The van der Waals surface area contributed by atoms with Crippen LogP contribution in [0.2, 0.25) is 0 Å². The van der Waals surface area contributed by atoms with Crippen LogP contribution in [0.3, 0.4) is 0 Å². The number of rotatable bonds is 7. The first-order valence-corrected chi connectivity index (χ1v) is 11.7. The van der Waals surface area contributed by atoms with E-state index in [0.717, 1.165) is 27.2 Å². The van der Waals surface area contributed by atoms with E-state index in [4.69, 9.17) is 0 Å². The van der Waals surface area contributed by atoms with E-state index in [2.05, 4.69) is 26.3 Å². The van der Waals surface area contributed by atoms with Crippen LogP contribution in [0.25, 0.3) is 21.1 Å². The van der Waals surface area contributed by atoms with Crippen molar-refractivity contribution in [2.45, 2.75) is 38.2 Å². The number of hydrogen-bond acceptors (Lipinski definition) is 5. The van der Waals surface area contributed by atoms with Gasteiger partial charge in [-0.15, -0.1) is 23.1 Å². The number of nitrogens with one attached hydrogen (secondary N) is 3. The summed E-state index contributed by atoms with van der Waals surface area (Å²) < 4.78 is 0. The molecule has 1 atom stereocenters. The van der Waals surface area contributed by atoms with E-state index in [1.807, 2.05) is 45.2 Å². The van der Waals surface area contributed by atoms with Crippen LogP contribution in [0.4, 0.5) is 0 Å². The average molecular weight is 441 g/mol. The Morgan fingerprint density at radius 2 is 2.10 bits per heavy atom. The molecule has 3 heterocycles. The number of amides is 1. The third-order valence-electron chi connectivity index (χ3n) is 5.30. The van der Waals surface area contributed by atoms with E-state index < -0.39 is 0 Å². The number of para-hydroxylation sites is 1. The largest absolute Gasteiger partial charge is 0.361 e. The Labute approximate surface area is 182 Å². The molecule has 4 rings (SSSR count). The van der Waals surface area contributed by atoms with Crippen LogP contribution in [0.15, 0.2) is 35.3 Å².